The molecular weight excluding hydrogens is 415 g/mol. The molecule has 0 saturated heterocycles. The zero-order chi connectivity index (χ0) is 11.2. The second kappa shape index (κ2) is 5.14. The van der Waals surface area contributed by atoms with Crippen molar-refractivity contribution in [3.63, 3.8) is 0 Å². The molecule has 2 rings (SSSR count). The molecule has 17 heavy (non-hydrogen) atoms. The van der Waals surface area contributed by atoms with Crippen LogP contribution in [-0.4, -0.2) is 0 Å². The molecule has 8 heteroatoms. The Hall–Kier alpha value is -0.942. The Morgan fingerprint density at radius 3 is 2.00 bits per heavy atom. The number of nitrogens with zero attached hydrogens (tertiary/aromatic N) is 1. The summed E-state index contributed by atoms with van der Waals surface area (Å²) in [6.07, 6.45) is -3.74. The van der Waals surface area contributed by atoms with Gasteiger partial charge in [0.1, 0.15) is 11.6 Å². The first-order chi connectivity index (χ1) is 6.89. The standard InChI is InChI=1S/C9H3F5N.H2N.W/c10-4-1-5(7-3-15-7)8(11)6(2-4)9(12,13)14;;/h1-3H;1H2;/q2*-1;+2. The van der Waals surface area contributed by atoms with Crippen molar-refractivity contribution in [3.8, 4) is 0 Å². The summed E-state index contributed by atoms with van der Waals surface area (Å²) in [4.78, 5) is 0. The monoisotopic (exact) mass is 420 g/mol. The van der Waals surface area contributed by atoms with E-state index in [0.717, 1.165) is 6.20 Å². The predicted molar refractivity (Wildman–Crippen MR) is 48.0 cm³/mol. The van der Waals surface area contributed by atoms with Gasteiger partial charge in [0.15, 0.2) is 0 Å². The van der Waals surface area contributed by atoms with Crippen molar-refractivity contribution in [2.75, 3.05) is 0 Å². The smallest absolute Gasteiger partial charge is 0.693 e. The SMILES string of the molecule is Fc1cc(C2=C[N-]2)c(F)c(C(F)(F)F)c1.[NH2-].[W+2]. The Morgan fingerprint density at radius 2 is 1.59 bits per heavy atom. The van der Waals surface area contributed by atoms with Crippen LogP contribution in [0, 0.1) is 11.6 Å². The molecule has 0 spiro atoms. The summed E-state index contributed by atoms with van der Waals surface area (Å²) < 4.78 is 62.7. The molecule has 0 fully saturated rings. The maximum Gasteiger partial charge on any atom is 2.00 e. The van der Waals surface area contributed by atoms with Gasteiger partial charge < -0.3 is 11.5 Å². The Bertz CT molecular complexity index is 455. The largest absolute Gasteiger partial charge is 2.00 e. The summed E-state index contributed by atoms with van der Waals surface area (Å²) in [7, 11) is 0. The summed E-state index contributed by atoms with van der Waals surface area (Å²) in [6, 6.07) is 0.814. The van der Waals surface area contributed by atoms with Crippen molar-refractivity contribution < 1.29 is 43.0 Å². The third-order valence-corrected chi connectivity index (χ3v) is 1.88. The van der Waals surface area contributed by atoms with Crippen LogP contribution in [0.1, 0.15) is 11.1 Å². The van der Waals surface area contributed by atoms with Crippen molar-refractivity contribution in [2.45, 2.75) is 6.18 Å². The summed E-state index contributed by atoms with van der Waals surface area (Å²) in [5.74, 6) is -2.63. The Morgan fingerprint density at radius 1 is 1.06 bits per heavy atom. The Balaban J connectivity index is 0.00000128. The van der Waals surface area contributed by atoms with Crippen LogP contribution in [0.15, 0.2) is 18.3 Å². The van der Waals surface area contributed by atoms with Gasteiger partial charge in [-0.15, -0.1) is 5.70 Å². The summed E-state index contributed by atoms with van der Waals surface area (Å²) in [6.45, 7) is 0. The molecule has 2 N–H and O–H groups in total. The van der Waals surface area contributed by atoms with Crippen molar-refractivity contribution in [2.24, 2.45) is 0 Å². The molecule has 0 amide bonds. The first-order valence-electron chi connectivity index (χ1n) is 3.87. The van der Waals surface area contributed by atoms with E-state index < -0.39 is 28.9 Å². The molecule has 2 nitrogen and oxygen atoms in total. The molecule has 0 atom stereocenters. The predicted octanol–water partition coefficient (Wildman–Crippen LogP) is 4.38. The molecule has 0 saturated carbocycles. The summed E-state index contributed by atoms with van der Waals surface area (Å²) in [5, 5.41) is 3.42. The van der Waals surface area contributed by atoms with Gasteiger partial charge in [-0.2, -0.15) is 19.4 Å². The van der Waals surface area contributed by atoms with E-state index in [1.807, 2.05) is 0 Å². The number of hydrogen-bond donors (Lipinski definition) is 0. The van der Waals surface area contributed by atoms with Gasteiger partial charge in [0.05, 0.1) is 5.56 Å². The molecule has 0 aromatic heterocycles. The van der Waals surface area contributed by atoms with E-state index in [1.54, 1.807) is 0 Å². The minimum Gasteiger partial charge on any atom is -0.693 e. The average molecular weight is 420 g/mol. The molecule has 1 aliphatic heterocycles. The first kappa shape index (κ1) is 16.1. The van der Waals surface area contributed by atoms with Gasteiger partial charge in [0, 0.05) is 0 Å². The Kier molecular flexibility index (Phi) is 4.86. The zero-order valence-corrected chi connectivity index (χ0v) is 11.0. The van der Waals surface area contributed by atoms with E-state index in [0.29, 0.717) is 6.07 Å². The summed E-state index contributed by atoms with van der Waals surface area (Å²) >= 11 is 0. The van der Waals surface area contributed by atoms with Gasteiger partial charge in [-0.05, 0) is 17.7 Å². The normalized spacial score (nSPS) is 12.9. The third kappa shape index (κ3) is 3.26. The fraction of sp³-hybridized carbons (Fsp3) is 0.111. The van der Waals surface area contributed by atoms with Crippen LogP contribution in [0.5, 0.6) is 0 Å². The topological polar surface area (TPSA) is 47.6 Å². The zero-order valence-electron chi connectivity index (χ0n) is 8.05. The average Bonchev–Trinajstić information content (AvgIpc) is 2.89. The van der Waals surface area contributed by atoms with Gasteiger partial charge in [-0.1, -0.05) is 0 Å². The van der Waals surface area contributed by atoms with Crippen LogP contribution >= 0.6 is 0 Å². The molecule has 0 unspecified atom stereocenters. The van der Waals surface area contributed by atoms with Crippen LogP contribution in [0.25, 0.3) is 17.2 Å². The van der Waals surface area contributed by atoms with Crippen LogP contribution in [-0.2, 0) is 27.2 Å². The second-order valence-corrected chi connectivity index (χ2v) is 2.96. The van der Waals surface area contributed by atoms with E-state index in [1.165, 1.54) is 0 Å². The van der Waals surface area contributed by atoms with Crippen LogP contribution < -0.4 is 0 Å². The van der Waals surface area contributed by atoms with Gasteiger partial charge in [0.2, 0.25) is 0 Å². The van der Waals surface area contributed by atoms with Crippen LogP contribution in [0.2, 0.25) is 0 Å². The number of halogens is 5. The van der Waals surface area contributed by atoms with Crippen molar-refractivity contribution >= 4 is 5.70 Å². The Labute approximate surface area is 108 Å². The van der Waals surface area contributed by atoms with Crippen LogP contribution in [0.3, 0.4) is 0 Å². The fourth-order valence-corrected chi connectivity index (χ4v) is 1.15. The van der Waals surface area contributed by atoms with Gasteiger partial charge in [0.25, 0.3) is 0 Å². The quantitative estimate of drug-likeness (QED) is 0.606. The van der Waals surface area contributed by atoms with Crippen molar-refractivity contribution in [1.29, 1.82) is 0 Å². The number of nitrogens with two attached hydrogens (primary N) is 1. The van der Waals surface area contributed by atoms with E-state index >= 15 is 0 Å². The minimum atomic E-state index is -4.91. The molecule has 0 bridgehead atoms. The molecule has 92 valence electrons. The number of alkyl halides is 3. The van der Waals surface area contributed by atoms with E-state index in [-0.39, 0.29) is 39.0 Å². The summed E-state index contributed by atoms with van der Waals surface area (Å²) in [5.41, 5.74) is -2.03. The van der Waals surface area contributed by atoms with Gasteiger partial charge in [-0.3, -0.25) is 0 Å². The number of rotatable bonds is 1. The number of benzene rings is 1. The molecule has 1 aromatic rings. The van der Waals surface area contributed by atoms with Crippen molar-refractivity contribution in [1.82, 2.24) is 0 Å². The van der Waals surface area contributed by atoms with E-state index in [2.05, 4.69) is 5.32 Å². The first-order valence-corrected chi connectivity index (χ1v) is 3.87. The van der Waals surface area contributed by atoms with E-state index in [4.69, 9.17) is 0 Å². The van der Waals surface area contributed by atoms with Crippen LogP contribution in [0.4, 0.5) is 22.0 Å². The van der Waals surface area contributed by atoms with E-state index in [9.17, 15) is 22.0 Å². The number of hydrogen-bond acceptors (Lipinski definition) is 0. The van der Waals surface area contributed by atoms with Crippen molar-refractivity contribution in [3.05, 3.63) is 52.6 Å². The van der Waals surface area contributed by atoms with Gasteiger partial charge >= 0.3 is 27.2 Å². The molecule has 1 aliphatic rings. The molecular formula is C9H5F5N2W. The second-order valence-electron chi connectivity index (χ2n) is 2.96. The maximum atomic E-state index is 13.3. The molecule has 1 heterocycles. The molecule has 1 aromatic carbocycles. The third-order valence-electron chi connectivity index (χ3n) is 1.88. The molecule has 0 radical (unpaired) electrons. The minimum absolute atomic E-state index is 0. The van der Waals surface area contributed by atoms with Gasteiger partial charge in [-0.25, -0.2) is 8.78 Å². The molecule has 0 aliphatic carbocycles. The fourth-order valence-electron chi connectivity index (χ4n) is 1.15. The maximum absolute atomic E-state index is 13.3.